The standard InChI is InChI=1S/C14H17BrN2O3S/c1-9-4-5-12(20-9)8-17(3)21(18,19)14-7-11(15)6-13(16)10(14)2/h4-7H,8,16H2,1-3H3. The SMILES string of the molecule is Cc1ccc(CN(C)S(=O)(=O)c2cc(Br)cc(N)c2C)o1. The summed E-state index contributed by atoms with van der Waals surface area (Å²) < 4.78 is 32.7. The van der Waals surface area contributed by atoms with Crippen molar-refractivity contribution in [2.45, 2.75) is 25.3 Å². The summed E-state index contributed by atoms with van der Waals surface area (Å²) in [5.74, 6) is 1.35. The van der Waals surface area contributed by atoms with Crippen molar-refractivity contribution in [1.29, 1.82) is 0 Å². The number of halogens is 1. The third-order valence-electron chi connectivity index (χ3n) is 3.23. The Balaban J connectivity index is 2.37. The summed E-state index contributed by atoms with van der Waals surface area (Å²) >= 11 is 3.28. The lowest BCUT2D eigenvalue weighted by molar-refractivity contribution is 0.397. The van der Waals surface area contributed by atoms with Crippen LogP contribution in [0.1, 0.15) is 17.1 Å². The minimum atomic E-state index is -3.64. The smallest absolute Gasteiger partial charge is 0.243 e. The number of hydrogen-bond acceptors (Lipinski definition) is 4. The van der Waals surface area contributed by atoms with E-state index in [-0.39, 0.29) is 11.4 Å². The highest BCUT2D eigenvalue weighted by molar-refractivity contribution is 9.10. The number of benzene rings is 1. The maximum absolute atomic E-state index is 12.7. The van der Waals surface area contributed by atoms with E-state index < -0.39 is 10.0 Å². The molecule has 0 amide bonds. The van der Waals surface area contributed by atoms with Crippen LogP contribution in [0.15, 0.2) is 38.1 Å². The van der Waals surface area contributed by atoms with Crippen LogP contribution in [-0.4, -0.2) is 19.8 Å². The average Bonchev–Trinajstić information content (AvgIpc) is 2.79. The number of nitrogen functional groups attached to an aromatic ring is 1. The van der Waals surface area contributed by atoms with E-state index in [1.807, 2.05) is 6.92 Å². The van der Waals surface area contributed by atoms with Gasteiger partial charge < -0.3 is 10.2 Å². The van der Waals surface area contributed by atoms with E-state index in [0.717, 1.165) is 5.76 Å². The Hall–Kier alpha value is -1.31. The minimum absolute atomic E-state index is 0.169. The third-order valence-corrected chi connectivity index (χ3v) is 5.62. The lowest BCUT2D eigenvalue weighted by Gasteiger charge is -2.18. The van der Waals surface area contributed by atoms with Crippen LogP contribution < -0.4 is 5.73 Å². The van der Waals surface area contributed by atoms with Crippen LogP contribution in [0.4, 0.5) is 5.69 Å². The van der Waals surface area contributed by atoms with E-state index in [1.165, 1.54) is 11.4 Å². The van der Waals surface area contributed by atoms with Gasteiger partial charge >= 0.3 is 0 Å². The molecule has 0 atom stereocenters. The summed E-state index contributed by atoms with van der Waals surface area (Å²) in [5, 5.41) is 0. The van der Waals surface area contributed by atoms with Gasteiger partial charge in [0.1, 0.15) is 11.5 Å². The lowest BCUT2D eigenvalue weighted by Crippen LogP contribution is -2.27. The van der Waals surface area contributed by atoms with Gasteiger partial charge in [-0.15, -0.1) is 0 Å². The van der Waals surface area contributed by atoms with Crippen LogP contribution in [0.5, 0.6) is 0 Å². The monoisotopic (exact) mass is 372 g/mol. The molecule has 1 aromatic heterocycles. The third kappa shape index (κ3) is 3.30. The highest BCUT2D eigenvalue weighted by Crippen LogP contribution is 2.28. The van der Waals surface area contributed by atoms with E-state index in [0.29, 0.717) is 21.5 Å². The number of nitrogens with two attached hydrogens (primary N) is 1. The first-order valence-electron chi connectivity index (χ1n) is 6.29. The first kappa shape index (κ1) is 16.1. The second kappa shape index (κ2) is 5.82. The molecule has 7 heteroatoms. The summed E-state index contributed by atoms with van der Waals surface area (Å²) in [6.45, 7) is 3.68. The molecule has 0 bridgehead atoms. The second-order valence-corrected chi connectivity index (χ2v) is 7.82. The zero-order chi connectivity index (χ0) is 15.8. The summed E-state index contributed by atoms with van der Waals surface area (Å²) in [5.41, 5.74) is 6.82. The predicted molar refractivity (Wildman–Crippen MR) is 85.4 cm³/mol. The molecule has 1 heterocycles. The van der Waals surface area contributed by atoms with Crippen LogP contribution >= 0.6 is 15.9 Å². The van der Waals surface area contributed by atoms with Gasteiger partial charge in [-0.05, 0) is 43.7 Å². The van der Waals surface area contributed by atoms with Gasteiger partial charge in [-0.2, -0.15) is 4.31 Å². The molecule has 0 aliphatic rings. The molecule has 0 aliphatic heterocycles. The van der Waals surface area contributed by atoms with E-state index in [2.05, 4.69) is 15.9 Å². The molecule has 2 N–H and O–H groups in total. The quantitative estimate of drug-likeness (QED) is 0.836. The molecule has 0 fully saturated rings. The number of nitrogens with zero attached hydrogens (tertiary/aromatic N) is 1. The normalized spacial score (nSPS) is 12.0. The Labute approximate surface area is 132 Å². The molecule has 114 valence electrons. The zero-order valence-electron chi connectivity index (χ0n) is 12.1. The lowest BCUT2D eigenvalue weighted by atomic mass is 10.2. The van der Waals surface area contributed by atoms with Gasteiger partial charge in [0.15, 0.2) is 0 Å². The Kier molecular flexibility index (Phi) is 4.46. The number of rotatable bonds is 4. The molecular formula is C14H17BrN2O3S. The van der Waals surface area contributed by atoms with Crippen molar-refractivity contribution >= 4 is 31.6 Å². The Morgan fingerprint density at radius 2 is 1.95 bits per heavy atom. The van der Waals surface area contributed by atoms with E-state index in [9.17, 15) is 8.42 Å². The molecule has 1 aromatic carbocycles. The fourth-order valence-corrected chi connectivity index (χ4v) is 4.03. The zero-order valence-corrected chi connectivity index (χ0v) is 14.5. The van der Waals surface area contributed by atoms with E-state index in [1.54, 1.807) is 31.2 Å². The molecule has 0 saturated heterocycles. The highest BCUT2D eigenvalue weighted by atomic mass is 79.9. The van der Waals surface area contributed by atoms with E-state index >= 15 is 0 Å². The molecule has 0 unspecified atom stereocenters. The van der Waals surface area contributed by atoms with Gasteiger partial charge in [-0.3, -0.25) is 0 Å². The Morgan fingerprint density at radius 1 is 1.29 bits per heavy atom. The number of aryl methyl sites for hydroxylation is 1. The fraction of sp³-hybridized carbons (Fsp3) is 0.286. The largest absolute Gasteiger partial charge is 0.465 e. The molecule has 2 rings (SSSR count). The van der Waals surface area contributed by atoms with Gasteiger partial charge in [0.05, 0.1) is 11.4 Å². The molecule has 5 nitrogen and oxygen atoms in total. The van der Waals surface area contributed by atoms with Crippen molar-refractivity contribution in [3.63, 3.8) is 0 Å². The molecule has 2 aromatic rings. The summed E-state index contributed by atoms with van der Waals surface area (Å²) in [4.78, 5) is 0.195. The highest BCUT2D eigenvalue weighted by Gasteiger charge is 2.25. The van der Waals surface area contributed by atoms with Crippen LogP contribution in [0, 0.1) is 13.8 Å². The van der Waals surface area contributed by atoms with E-state index in [4.69, 9.17) is 10.2 Å². The fourth-order valence-electron chi connectivity index (χ4n) is 1.98. The number of hydrogen-bond donors (Lipinski definition) is 1. The van der Waals surface area contributed by atoms with Crippen LogP contribution in [-0.2, 0) is 16.6 Å². The summed E-state index contributed by atoms with van der Waals surface area (Å²) in [6.07, 6.45) is 0. The second-order valence-electron chi connectivity index (χ2n) is 4.89. The van der Waals surface area contributed by atoms with Crippen molar-refractivity contribution in [3.8, 4) is 0 Å². The van der Waals surface area contributed by atoms with Crippen LogP contribution in [0.3, 0.4) is 0 Å². The van der Waals surface area contributed by atoms with Gasteiger partial charge in [0.25, 0.3) is 0 Å². The van der Waals surface area contributed by atoms with Crippen LogP contribution in [0.2, 0.25) is 0 Å². The predicted octanol–water partition coefficient (Wildman–Crippen LogP) is 3.06. The first-order valence-corrected chi connectivity index (χ1v) is 8.52. The van der Waals surface area contributed by atoms with Crippen molar-refractivity contribution in [2.75, 3.05) is 12.8 Å². The topological polar surface area (TPSA) is 76.5 Å². The van der Waals surface area contributed by atoms with Crippen molar-refractivity contribution in [1.82, 2.24) is 4.31 Å². The minimum Gasteiger partial charge on any atom is -0.465 e. The Morgan fingerprint density at radius 3 is 2.52 bits per heavy atom. The maximum atomic E-state index is 12.7. The average molecular weight is 373 g/mol. The molecule has 0 spiro atoms. The van der Waals surface area contributed by atoms with Crippen LogP contribution in [0.25, 0.3) is 0 Å². The van der Waals surface area contributed by atoms with Crippen molar-refractivity contribution in [3.05, 3.63) is 45.8 Å². The van der Waals surface area contributed by atoms with Crippen molar-refractivity contribution in [2.24, 2.45) is 0 Å². The molecule has 0 aliphatic carbocycles. The molecular weight excluding hydrogens is 356 g/mol. The maximum Gasteiger partial charge on any atom is 0.243 e. The van der Waals surface area contributed by atoms with Gasteiger partial charge in [-0.1, -0.05) is 15.9 Å². The molecule has 0 saturated carbocycles. The first-order chi connectivity index (χ1) is 9.71. The Bertz CT molecular complexity index is 769. The number of anilines is 1. The molecule has 0 radical (unpaired) electrons. The molecule has 21 heavy (non-hydrogen) atoms. The summed E-state index contributed by atoms with van der Waals surface area (Å²) in [7, 11) is -2.12. The van der Waals surface area contributed by atoms with Crippen molar-refractivity contribution < 1.29 is 12.8 Å². The van der Waals surface area contributed by atoms with Gasteiger partial charge in [0.2, 0.25) is 10.0 Å². The van der Waals surface area contributed by atoms with Gasteiger partial charge in [-0.25, -0.2) is 8.42 Å². The summed E-state index contributed by atoms with van der Waals surface area (Å²) in [6, 6.07) is 6.82. The number of sulfonamides is 1. The van der Waals surface area contributed by atoms with Gasteiger partial charge in [0, 0.05) is 17.2 Å². The number of furan rings is 1.